The number of likely N-dealkylation sites (N-methyl/N-ethyl adjacent to an activating group) is 1. The van der Waals surface area contributed by atoms with Crippen molar-refractivity contribution in [1.29, 1.82) is 0 Å². The molecule has 8 heteroatoms. The molecule has 0 atom stereocenters. The lowest BCUT2D eigenvalue weighted by molar-refractivity contribution is -0.133. The van der Waals surface area contributed by atoms with Gasteiger partial charge in [0, 0.05) is 26.2 Å². The number of piperazine rings is 1. The summed E-state index contributed by atoms with van der Waals surface area (Å²) in [6.45, 7) is 3.08. The second-order valence-corrected chi connectivity index (χ2v) is 7.84. The fourth-order valence-electron chi connectivity index (χ4n) is 2.54. The van der Waals surface area contributed by atoms with Gasteiger partial charge in [-0.25, -0.2) is 12.8 Å². The van der Waals surface area contributed by atoms with Gasteiger partial charge >= 0.3 is 0 Å². The van der Waals surface area contributed by atoms with Gasteiger partial charge in [-0.05, 0) is 38.7 Å². The van der Waals surface area contributed by atoms with Crippen molar-refractivity contribution < 1.29 is 17.6 Å². The Labute approximate surface area is 136 Å². The average molecular weight is 343 g/mol. The molecule has 0 N–H and O–H groups in total. The molecule has 0 bridgehead atoms. The first-order chi connectivity index (χ1) is 10.7. The minimum Gasteiger partial charge on any atom is -0.339 e. The molecule has 0 unspecified atom stereocenters. The van der Waals surface area contributed by atoms with Crippen molar-refractivity contribution in [3.05, 3.63) is 29.6 Å². The van der Waals surface area contributed by atoms with Crippen molar-refractivity contribution in [3.63, 3.8) is 0 Å². The van der Waals surface area contributed by atoms with Gasteiger partial charge in [-0.2, -0.15) is 4.31 Å². The summed E-state index contributed by atoms with van der Waals surface area (Å²) in [6.07, 6.45) is 0. The van der Waals surface area contributed by atoms with E-state index in [-0.39, 0.29) is 23.9 Å². The first-order valence-electron chi connectivity index (χ1n) is 7.40. The fourth-order valence-corrected chi connectivity index (χ4v) is 4.20. The first kappa shape index (κ1) is 17.8. The highest BCUT2D eigenvalue weighted by Gasteiger charge is 2.31. The van der Waals surface area contributed by atoms with Crippen LogP contribution in [0, 0.1) is 12.7 Å². The molecule has 128 valence electrons. The molecule has 0 spiro atoms. The molecule has 23 heavy (non-hydrogen) atoms. The zero-order valence-electron chi connectivity index (χ0n) is 13.6. The second kappa shape index (κ2) is 6.94. The van der Waals surface area contributed by atoms with E-state index in [1.165, 1.54) is 16.4 Å². The summed E-state index contributed by atoms with van der Waals surface area (Å²) in [7, 11) is -0.121. The summed E-state index contributed by atoms with van der Waals surface area (Å²) in [6, 6.07) is 3.75. The number of aryl methyl sites for hydroxylation is 1. The second-order valence-electron chi connectivity index (χ2n) is 5.93. The summed E-state index contributed by atoms with van der Waals surface area (Å²) in [5.41, 5.74) is 0.512. The van der Waals surface area contributed by atoms with Crippen LogP contribution < -0.4 is 0 Å². The zero-order chi connectivity index (χ0) is 17.2. The lowest BCUT2D eigenvalue weighted by Gasteiger charge is -2.34. The number of amides is 1. The molecule has 2 rings (SSSR count). The zero-order valence-corrected chi connectivity index (χ0v) is 14.4. The SMILES string of the molecule is Cc1ccc(F)cc1S(=O)(=O)N1CCN(C(=O)CN(C)C)CC1. The number of hydrogen-bond acceptors (Lipinski definition) is 4. The van der Waals surface area contributed by atoms with Crippen LogP contribution in [0.2, 0.25) is 0 Å². The third-order valence-corrected chi connectivity index (χ3v) is 5.85. The van der Waals surface area contributed by atoms with Crippen LogP contribution in [0.4, 0.5) is 4.39 Å². The van der Waals surface area contributed by atoms with Gasteiger partial charge in [0.05, 0.1) is 11.4 Å². The van der Waals surface area contributed by atoms with Crippen LogP contribution in [0.1, 0.15) is 5.56 Å². The lowest BCUT2D eigenvalue weighted by Crippen LogP contribution is -2.52. The molecule has 0 radical (unpaired) electrons. The number of carbonyl (C=O) groups excluding carboxylic acids is 1. The maximum Gasteiger partial charge on any atom is 0.243 e. The van der Waals surface area contributed by atoms with E-state index in [1.54, 1.807) is 16.7 Å². The van der Waals surface area contributed by atoms with Gasteiger partial charge in [0.2, 0.25) is 15.9 Å². The predicted octanol–water partition coefficient (Wildman–Crippen LogP) is 0.529. The highest BCUT2D eigenvalue weighted by molar-refractivity contribution is 7.89. The molecule has 1 saturated heterocycles. The standard InChI is InChI=1S/C15H22FN3O3S/c1-12-4-5-13(16)10-14(12)23(21,22)19-8-6-18(7-9-19)15(20)11-17(2)3/h4-5,10H,6-9,11H2,1-3H3. The number of halogens is 1. The number of sulfonamides is 1. The maximum absolute atomic E-state index is 13.4. The number of rotatable bonds is 4. The van der Waals surface area contributed by atoms with Crippen LogP contribution in [0.25, 0.3) is 0 Å². The number of nitrogens with zero attached hydrogens (tertiary/aromatic N) is 3. The minimum absolute atomic E-state index is 0.00873. The molecule has 1 aromatic rings. The molecule has 0 aromatic heterocycles. The van der Waals surface area contributed by atoms with Gasteiger partial charge in [-0.15, -0.1) is 0 Å². The van der Waals surface area contributed by atoms with E-state index in [0.29, 0.717) is 25.2 Å². The third-order valence-electron chi connectivity index (χ3n) is 3.81. The Balaban J connectivity index is 2.10. The minimum atomic E-state index is -3.74. The Morgan fingerprint density at radius 2 is 1.83 bits per heavy atom. The Bertz CT molecular complexity index is 683. The van der Waals surface area contributed by atoms with E-state index in [1.807, 2.05) is 14.1 Å². The predicted molar refractivity (Wildman–Crippen MR) is 85.0 cm³/mol. The molecule has 1 aliphatic rings. The van der Waals surface area contributed by atoms with Crippen LogP contribution in [0.3, 0.4) is 0 Å². The average Bonchev–Trinajstić information content (AvgIpc) is 2.49. The molecule has 1 fully saturated rings. The van der Waals surface area contributed by atoms with E-state index in [9.17, 15) is 17.6 Å². The Kier molecular flexibility index (Phi) is 5.38. The van der Waals surface area contributed by atoms with Gasteiger partial charge in [0.25, 0.3) is 0 Å². The van der Waals surface area contributed by atoms with E-state index >= 15 is 0 Å². The summed E-state index contributed by atoms with van der Waals surface area (Å²) < 4.78 is 40.0. The summed E-state index contributed by atoms with van der Waals surface area (Å²) in [5, 5.41) is 0. The van der Waals surface area contributed by atoms with Crippen LogP contribution >= 0.6 is 0 Å². The lowest BCUT2D eigenvalue weighted by atomic mass is 10.2. The molecular weight excluding hydrogens is 321 g/mol. The third kappa shape index (κ3) is 4.07. The number of hydrogen-bond donors (Lipinski definition) is 0. The fraction of sp³-hybridized carbons (Fsp3) is 0.533. The van der Waals surface area contributed by atoms with Crippen molar-refractivity contribution in [3.8, 4) is 0 Å². The van der Waals surface area contributed by atoms with Crippen molar-refractivity contribution in [2.75, 3.05) is 46.8 Å². The van der Waals surface area contributed by atoms with Crippen molar-refractivity contribution in [2.45, 2.75) is 11.8 Å². The van der Waals surface area contributed by atoms with Gasteiger partial charge < -0.3 is 9.80 Å². The van der Waals surface area contributed by atoms with Gasteiger partial charge in [0.1, 0.15) is 5.82 Å². The molecule has 1 amide bonds. The van der Waals surface area contributed by atoms with Crippen molar-refractivity contribution >= 4 is 15.9 Å². The highest BCUT2D eigenvalue weighted by Crippen LogP contribution is 2.22. The van der Waals surface area contributed by atoms with Gasteiger partial charge in [0.15, 0.2) is 0 Å². The molecule has 1 aliphatic heterocycles. The normalized spacial score (nSPS) is 16.8. The van der Waals surface area contributed by atoms with E-state index in [0.717, 1.165) is 6.07 Å². The molecule has 1 aromatic carbocycles. The highest BCUT2D eigenvalue weighted by atomic mass is 32.2. The molecule has 0 aliphatic carbocycles. The van der Waals surface area contributed by atoms with Crippen LogP contribution in [-0.2, 0) is 14.8 Å². The molecule has 6 nitrogen and oxygen atoms in total. The molecule has 1 heterocycles. The largest absolute Gasteiger partial charge is 0.339 e. The van der Waals surface area contributed by atoms with E-state index in [4.69, 9.17) is 0 Å². The summed E-state index contributed by atoms with van der Waals surface area (Å²) in [5.74, 6) is -0.594. The summed E-state index contributed by atoms with van der Waals surface area (Å²) in [4.78, 5) is 15.4. The van der Waals surface area contributed by atoms with Crippen molar-refractivity contribution in [1.82, 2.24) is 14.1 Å². The smallest absolute Gasteiger partial charge is 0.243 e. The van der Waals surface area contributed by atoms with Crippen molar-refractivity contribution in [2.24, 2.45) is 0 Å². The van der Waals surface area contributed by atoms with Gasteiger partial charge in [-0.3, -0.25) is 4.79 Å². The van der Waals surface area contributed by atoms with Crippen LogP contribution in [-0.4, -0.2) is 75.2 Å². The quantitative estimate of drug-likeness (QED) is 0.800. The Hall–Kier alpha value is -1.51. The monoisotopic (exact) mass is 343 g/mol. The molecule has 0 saturated carbocycles. The van der Waals surface area contributed by atoms with Gasteiger partial charge in [-0.1, -0.05) is 6.07 Å². The Morgan fingerprint density at radius 1 is 1.22 bits per heavy atom. The Morgan fingerprint density at radius 3 is 2.39 bits per heavy atom. The topological polar surface area (TPSA) is 60.9 Å². The van der Waals surface area contributed by atoms with Crippen LogP contribution in [0.5, 0.6) is 0 Å². The van der Waals surface area contributed by atoms with E-state index in [2.05, 4.69) is 0 Å². The molecular formula is C15H22FN3O3S. The maximum atomic E-state index is 13.4. The van der Waals surface area contributed by atoms with E-state index < -0.39 is 15.8 Å². The number of carbonyl (C=O) groups is 1. The first-order valence-corrected chi connectivity index (χ1v) is 8.84. The number of benzene rings is 1. The van der Waals surface area contributed by atoms with Crippen LogP contribution in [0.15, 0.2) is 23.1 Å². The summed E-state index contributed by atoms with van der Waals surface area (Å²) >= 11 is 0.